The van der Waals surface area contributed by atoms with Crippen LogP contribution in [0.25, 0.3) is 17.3 Å². The van der Waals surface area contributed by atoms with Crippen LogP contribution in [0.4, 0.5) is 0 Å². The summed E-state index contributed by atoms with van der Waals surface area (Å²) in [6.45, 7) is 0. The van der Waals surface area contributed by atoms with Crippen LogP contribution in [-0.2, 0) is 0 Å². The quantitative estimate of drug-likeness (QED) is 0.873. The van der Waals surface area contributed by atoms with Crippen LogP contribution in [0.1, 0.15) is 5.56 Å². The van der Waals surface area contributed by atoms with E-state index in [-0.39, 0.29) is 0 Å². The van der Waals surface area contributed by atoms with Gasteiger partial charge < -0.3 is 4.74 Å². The smallest absolute Gasteiger partial charge is 0.118 e. The van der Waals surface area contributed by atoms with E-state index in [1.54, 1.807) is 25.4 Å². The highest BCUT2D eigenvalue weighted by molar-refractivity contribution is 8.27. The Bertz CT molecular complexity index is 650. The van der Waals surface area contributed by atoms with Crippen LogP contribution in [0.3, 0.4) is 0 Å². The molecule has 1 aromatic carbocycles. The predicted molar refractivity (Wildman–Crippen MR) is 76.4 cm³/mol. The van der Waals surface area contributed by atoms with Gasteiger partial charge in [0, 0.05) is 22.7 Å². The topological polar surface area (TPSA) is 62.6 Å². The highest BCUT2D eigenvalue weighted by Crippen LogP contribution is 2.57. The normalized spacial score (nSPS) is 17.0. The number of aromatic nitrogens is 1. The molecule has 2 aromatic rings. The average molecular weight is 275 g/mol. The Morgan fingerprint density at radius 1 is 1.11 bits per heavy atom. The van der Waals surface area contributed by atoms with Crippen molar-refractivity contribution in [3.8, 4) is 17.0 Å². The molecule has 0 fully saturated rings. The van der Waals surface area contributed by atoms with Gasteiger partial charge in [-0.05, 0) is 36.4 Å². The van der Waals surface area contributed by atoms with E-state index in [1.165, 1.54) is 5.41 Å². The van der Waals surface area contributed by atoms with E-state index in [9.17, 15) is 9.11 Å². The molecule has 1 aromatic heterocycles. The molecule has 0 bridgehead atoms. The van der Waals surface area contributed by atoms with Crippen LogP contribution >= 0.6 is 10.6 Å². The van der Waals surface area contributed by atoms with E-state index in [1.807, 2.05) is 24.3 Å². The molecule has 98 valence electrons. The number of methoxy groups -OCH3 is 1. The molecule has 19 heavy (non-hydrogen) atoms. The highest BCUT2D eigenvalue weighted by atomic mass is 32.3. The SMILES string of the molecule is COc1ccc(-c2nccc3c2C=CS3(O)O)cc1. The number of benzene rings is 1. The zero-order valence-electron chi connectivity index (χ0n) is 10.3. The minimum absolute atomic E-state index is 0.535. The molecular formula is C14H13NO3S. The first-order valence-corrected chi connectivity index (χ1v) is 7.32. The predicted octanol–water partition coefficient (Wildman–Crippen LogP) is 3.85. The summed E-state index contributed by atoms with van der Waals surface area (Å²) in [7, 11) is -1.18. The number of hydrogen-bond donors (Lipinski definition) is 2. The van der Waals surface area contributed by atoms with E-state index in [0.717, 1.165) is 22.6 Å². The molecule has 5 heteroatoms. The molecule has 0 radical (unpaired) electrons. The number of pyridine rings is 1. The Morgan fingerprint density at radius 3 is 2.53 bits per heavy atom. The monoisotopic (exact) mass is 275 g/mol. The summed E-state index contributed by atoms with van der Waals surface area (Å²) in [4.78, 5) is 4.88. The van der Waals surface area contributed by atoms with Crippen molar-refractivity contribution in [1.29, 1.82) is 0 Å². The van der Waals surface area contributed by atoms with Crippen molar-refractivity contribution in [3.05, 3.63) is 47.5 Å². The lowest BCUT2D eigenvalue weighted by molar-refractivity contribution is 0.415. The number of hydrogen-bond acceptors (Lipinski definition) is 4. The average Bonchev–Trinajstić information content (AvgIpc) is 2.75. The zero-order valence-corrected chi connectivity index (χ0v) is 11.1. The Labute approximate surface area is 112 Å². The van der Waals surface area contributed by atoms with E-state index in [0.29, 0.717) is 4.90 Å². The maximum atomic E-state index is 9.90. The third-order valence-electron chi connectivity index (χ3n) is 3.06. The molecule has 2 N–H and O–H groups in total. The van der Waals surface area contributed by atoms with E-state index in [4.69, 9.17) is 4.74 Å². The molecule has 1 aliphatic heterocycles. The van der Waals surface area contributed by atoms with Crippen LogP contribution < -0.4 is 4.74 Å². The molecule has 0 aliphatic carbocycles. The van der Waals surface area contributed by atoms with Crippen LogP contribution in [0.2, 0.25) is 0 Å². The summed E-state index contributed by atoms with van der Waals surface area (Å²) < 4.78 is 24.9. The van der Waals surface area contributed by atoms with E-state index < -0.39 is 10.6 Å². The molecule has 3 rings (SSSR count). The highest BCUT2D eigenvalue weighted by Gasteiger charge is 2.24. The molecule has 0 saturated heterocycles. The molecule has 2 heterocycles. The van der Waals surface area contributed by atoms with Crippen LogP contribution in [0, 0.1) is 0 Å². The maximum Gasteiger partial charge on any atom is 0.118 e. The van der Waals surface area contributed by atoms with Gasteiger partial charge in [-0.1, -0.05) is 0 Å². The summed E-state index contributed by atoms with van der Waals surface area (Å²) in [5.41, 5.74) is 2.43. The summed E-state index contributed by atoms with van der Waals surface area (Å²) in [5.74, 6) is 0.774. The third-order valence-corrected chi connectivity index (χ3v) is 4.58. The molecule has 4 nitrogen and oxygen atoms in total. The molecular weight excluding hydrogens is 262 g/mol. The van der Waals surface area contributed by atoms with Gasteiger partial charge >= 0.3 is 0 Å². The van der Waals surface area contributed by atoms with Crippen molar-refractivity contribution >= 4 is 16.7 Å². The Balaban J connectivity index is 2.12. The fourth-order valence-electron chi connectivity index (χ4n) is 2.09. The first-order valence-electron chi connectivity index (χ1n) is 5.71. The number of nitrogens with zero attached hydrogens (tertiary/aromatic N) is 1. The van der Waals surface area contributed by atoms with E-state index >= 15 is 0 Å². The van der Waals surface area contributed by atoms with Gasteiger partial charge in [0.15, 0.2) is 0 Å². The van der Waals surface area contributed by atoms with Crippen molar-refractivity contribution < 1.29 is 13.8 Å². The zero-order chi connectivity index (χ0) is 13.5. The van der Waals surface area contributed by atoms with Crippen molar-refractivity contribution in [1.82, 2.24) is 4.98 Å². The van der Waals surface area contributed by atoms with Gasteiger partial charge in [-0.3, -0.25) is 14.1 Å². The minimum Gasteiger partial charge on any atom is -0.497 e. The second-order valence-corrected chi connectivity index (χ2v) is 6.09. The third kappa shape index (κ3) is 2.02. The van der Waals surface area contributed by atoms with Crippen molar-refractivity contribution in [3.63, 3.8) is 0 Å². The summed E-state index contributed by atoms with van der Waals surface area (Å²) in [6, 6.07) is 9.16. The Hall–Kier alpha value is -1.82. The lowest BCUT2D eigenvalue weighted by Gasteiger charge is -2.25. The van der Waals surface area contributed by atoms with Gasteiger partial charge in [0.1, 0.15) is 5.75 Å². The van der Waals surface area contributed by atoms with Gasteiger partial charge in [0.25, 0.3) is 0 Å². The number of ether oxygens (including phenoxy) is 1. The van der Waals surface area contributed by atoms with Crippen molar-refractivity contribution in [2.45, 2.75) is 4.90 Å². The first kappa shape index (κ1) is 12.2. The van der Waals surface area contributed by atoms with Crippen molar-refractivity contribution in [2.75, 3.05) is 7.11 Å². The first-order chi connectivity index (χ1) is 9.12. The summed E-state index contributed by atoms with van der Waals surface area (Å²) >= 11 is 0. The van der Waals surface area contributed by atoms with Gasteiger partial charge in [0.05, 0.1) is 17.7 Å². The van der Waals surface area contributed by atoms with Gasteiger partial charge in [0.2, 0.25) is 0 Å². The molecule has 1 aliphatic rings. The fraction of sp³-hybridized carbons (Fsp3) is 0.0714. The van der Waals surface area contributed by atoms with Crippen molar-refractivity contribution in [2.24, 2.45) is 0 Å². The lowest BCUT2D eigenvalue weighted by atomic mass is 10.1. The second-order valence-electron chi connectivity index (χ2n) is 4.20. The maximum absolute atomic E-state index is 9.90. The van der Waals surface area contributed by atoms with Gasteiger partial charge in [-0.15, -0.1) is 10.6 Å². The van der Waals surface area contributed by atoms with Crippen LogP contribution in [0.15, 0.2) is 46.8 Å². The van der Waals surface area contributed by atoms with Crippen LogP contribution in [-0.4, -0.2) is 21.2 Å². The number of fused-ring (bicyclic) bond motifs is 1. The molecule has 0 spiro atoms. The number of rotatable bonds is 2. The molecule has 0 saturated carbocycles. The van der Waals surface area contributed by atoms with Crippen LogP contribution in [0.5, 0.6) is 5.75 Å². The lowest BCUT2D eigenvalue weighted by Crippen LogP contribution is -1.95. The van der Waals surface area contributed by atoms with E-state index in [2.05, 4.69) is 4.98 Å². The standard InChI is InChI=1S/C14H13NO3S/c1-18-11-4-2-10(3-5-11)14-12-7-9-19(16,17)13(12)6-8-15-14/h2-9,16-17H,1H3. The Kier molecular flexibility index (Phi) is 2.82. The summed E-state index contributed by atoms with van der Waals surface area (Å²) in [6.07, 6.45) is 3.32. The van der Waals surface area contributed by atoms with Gasteiger partial charge in [-0.2, -0.15) is 0 Å². The minimum atomic E-state index is -2.79. The Morgan fingerprint density at radius 2 is 1.84 bits per heavy atom. The van der Waals surface area contributed by atoms with Gasteiger partial charge in [-0.25, -0.2) is 0 Å². The largest absolute Gasteiger partial charge is 0.497 e. The summed E-state index contributed by atoms with van der Waals surface area (Å²) in [5, 5.41) is 1.44. The molecule has 0 unspecified atom stereocenters. The molecule has 0 amide bonds. The second kappa shape index (κ2) is 4.38. The fourth-order valence-corrected chi connectivity index (χ4v) is 3.32. The molecule has 0 atom stereocenters.